The van der Waals surface area contributed by atoms with E-state index in [9.17, 15) is 0 Å². The topological polar surface area (TPSA) is 35.6 Å². The van der Waals surface area contributed by atoms with Crippen LogP contribution in [0.25, 0.3) is 119 Å². The van der Waals surface area contributed by atoms with Crippen molar-refractivity contribution in [3.05, 3.63) is 182 Å². The molecular weight excluding hydrogens is 713 g/mol. The Morgan fingerprint density at radius 1 is 0.368 bits per heavy atom. The number of hydrogen-bond donors (Lipinski definition) is 0. The molecule has 0 radical (unpaired) electrons. The first kappa shape index (κ1) is 30.9. The normalized spacial score (nSPS) is 12.2. The molecule has 0 fully saturated rings. The van der Waals surface area contributed by atoms with Gasteiger partial charge in [-0.25, -0.2) is 9.97 Å². The van der Waals surface area contributed by atoms with Crippen LogP contribution < -0.4 is 0 Å². The summed E-state index contributed by atoms with van der Waals surface area (Å²) >= 11 is 1.84. The molecule has 0 saturated heterocycles. The molecule has 4 aromatic heterocycles. The molecule has 13 rings (SSSR count). The van der Waals surface area contributed by atoms with Crippen molar-refractivity contribution in [3.63, 3.8) is 0 Å². The van der Waals surface area contributed by atoms with Gasteiger partial charge in [-0.05, 0) is 76.8 Å². The second-order valence-corrected chi connectivity index (χ2v) is 16.0. The molecule has 0 unspecified atom stereocenters. The Labute approximate surface area is 330 Å². The fraction of sp³-hybridized carbons (Fsp3) is 0. The lowest BCUT2D eigenvalue weighted by molar-refractivity contribution is 1.01. The molecule has 57 heavy (non-hydrogen) atoms. The van der Waals surface area contributed by atoms with Gasteiger partial charge in [0, 0.05) is 58.1 Å². The van der Waals surface area contributed by atoms with Crippen LogP contribution in [0.4, 0.5) is 0 Å². The van der Waals surface area contributed by atoms with Gasteiger partial charge in [0.15, 0.2) is 0 Å². The Morgan fingerprint density at radius 3 is 1.96 bits per heavy atom. The zero-order valence-electron chi connectivity index (χ0n) is 30.5. The minimum Gasteiger partial charge on any atom is -0.309 e. The zero-order chi connectivity index (χ0) is 37.2. The summed E-state index contributed by atoms with van der Waals surface area (Å²) in [6.07, 6.45) is 0. The van der Waals surface area contributed by atoms with Gasteiger partial charge < -0.3 is 4.57 Å². The molecule has 4 nitrogen and oxygen atoms in total. The van der Waals surface area contributed by atoms with Crippen LogP contribution in [-0.2, 0) is 0 Å². The number of thiophene rings is 1. The van der Waals surface area contributed by atoms with Crippen molar-refractivity contribution in [2.75, 3.05) is 0 Å². The van der Waals surface area contributed by atoms with E-state index in [1.165, 1.54) is 74.3 Å². The Bertz CT molecular complexity index is 3830. The van der Waals surface area contributed by atoms with Crippen molar-refractivity contribution < 1.29 is 0 Å². The number of nitrogens with zero attached hydrogens (tertiary/aromatic N) is 4. The van der Waals surface area contributed by atoms with Crippen LogP contribution >= 0.6 is 11.3 Å². The summed E-state index contributed by atoms with van der Waals surface area (Å²) in [4.78, 5) is 10.8. The highest BCUT2D eigenvalue weighted by atomic mass is 32.1. The van der Waals surface area contributed by atoms with E-state index in [-0.39, 0.29) is 0 Å². The Hall–Kier alpha value is -7.34. The van der Waals surface area contributed by atoms with Gasteiger partial charge in [0.2, 0.25) is 5.95 Å². The first-order valence-corrected chi connectivity index (χ1v) is 20.1. The van der Waals surface area contributed by atoms with Crippen LogP contribution in [-0.4, -0.2) is 19.1 Å². The van der Waals surface area contributed by atoms with Gasteiger partial charge in [-0.15, -0.1) is 11.3 Å². The van der Waals surface area contributed by atoms with Crippen molar-refractivity contribution in [1.29, 1.82) is 0 Å². The summed E-state index contributed by atoms with van der Waals surface area (Å²) in [5, 5.41) is 13.3. The van der Waals surface area contributed by atoms with Crippen LogP contribution in [0.5, 0.6) is 0 Å². The Balaban J connectivity index is 1.11. The molecule has 9 aromatic carbocycles. The molecule has 13 aromatic rings. The molecule has 0 N–H and O–H groups in total. The number of benzene rings is 9. The van der Waals surface area contributed by atoms with E-state index >= 15 is 0 Å². The number of rotatable bonds is 3. The van der Waals surface area contributed by atoms with Gasteiger partial charge in [0.1, 0.15) is 0 Å². The molecular formula is C52H30N4S. The first-order valence-electron chi connectivity index (χ1n) is 19.3. The Kier molecular flexibility index (Phi) is 6.29. The fourth-order valence-electron chi connectivity index (χ4n) is 9.39. The summed E-state index contributed by atoms with van der Waals surface area (Å²) in [7, 11) is 0. The molecule has 0 bridgehead atoms. The predicted octanol–water partition coefficient (Wildman–Crippen LogP) is 14.2. The van der Waals surface area contributed by atoms with E-state index in [4.69, 9.17) is 9.97 Å². The predicted molar refractivity (Wildman–Crippen MR) is 242 cm³/mol. The van der Waals surface area contributed by atoms with E-state index in [0.717, 1.165) is 38.9 Å². The van der Waals surface area contributed by atoms with Crippen molar-refractivity contribution in [3.8, 4) is 22.9 Å². The average Bonchev–Trinajstić information content (AvgIpc) is 3.92. The van der Waals surface area contributed by atoms with Crippen LogP contribution in [0.2, 0.25) is 0 Å². The van der Waals surface area contributed by atoms with Crippen LogP contribution in [0.1, 0.15) is 0 Å². The standard InChI is InChI=1S/C52H30N4S/c1-2-14-34-31(12-1)24-26-46-50(34)38-18-5-9-21-44(38)55(46)45-22-11-13-32-28-40-35-15-4-8-20-43(35)56(47(40)30-39(32)45)52-53-42-19-7-3-17-37(42)51(54-52)33-25-27-49-41(29-33)36-16-6-10-23-48(36)57-49/h1-30H. The highest BCUT2D eigenvalue weighted by Crippen LogP contribution is 2.42. The van der Waals surface area contributed by atoms with Crippen LogP contribution in [0.3, 0.4) is 0 Å². The highest BCUT2D eigenvalue weighted by Gasteiger charge is 2.21. The summed E-state index contributed by atoms with van der Waals surface area (Å²) in [5.41, 5.74) is 8.60. The van der Waals surface area contributed by atoms with E-state index < -0.39 is 0 Å². The van der Waals surface area contributed by atoms with Crippen molar-refractivity contribution in [2.45, 2.75) is 0 Å². The lowest BCUT2D eigenvalue weighted by Gasteiger charge is -2.14. The maximum atomic E-state index is 5.50. The van der Waals surface area contributed by atoms with Gasteiger partial charge in [-0.1, -0.05) is 121 Å². The first-order chi connectivity index (χ1) is 28.3. The third-order valence-corrected chi connectivity index (χ3v) is 13.0. The largest absolute Gasteiger partial charge is 0.309 e. The van der Waals surface area contributed by atoms with E-state index in [1.54, 1.807) is 0 Å². The van der Waals surface area contributed by atoms with Crippen LogP contribution in [0.15, 0.2) is 182 Å². The summed E-state index contributed by atoms with van der Waals surface area (Å²) in [6, 6.07) is 66.0. The van der Waals surface area contributed by atoms with Crippen LogP contribution in [0, 0.1) is 0 Å². The van der Waals surface area contributed by atoms with Crippen molar-refractivity contribution in [2.24, 2.45) is 0 Å². The molecule has 0 spiro atoms. The number of hydrogen-bond acceptors (Lipinski definition) is 3. The monoisotopic (exact) mass is 742 g/mol. The smallest absolute Gasteiger partial charge is 0.235 e. The van der Waals surface area contributed by atoms with Gasteiger partial charge in [-0.3, -0.25) is 4.57 Å². The fourth-order valence-corrected chi connectivity index (χ4v) is 10.5. The number of fused-ring (bicyclic) bond motifs is 13. The highest BCUT2D eigenvalue weighted by molar-refractivity contribution is 7.25. The lowest BCUT2D eigenvalue weighted by Crippen LogP contribution is -2.03. The van der Waals surface area contributed by atoms with E-state index in [1.807, 2.05) is 11.3 Å². The zero-order valence-corrected chi connectivity index (χ0v) is 31.3. The van der Waals surface area contributed by atoms with Gasteiger partial charge in [-0.2, -0.15) is 0 Å². The second kappa shape index (κ2) is 11.6. The van der Waals surface area contributed by atoms with Crippen molar-refractivity contribution in [1.82, 2.24) is 19.1 Å². The third kappa shape index (κ3) is 4.37. The third-order valence-electron chi connectivity index (χ3n) is 11.9. The quantitative estimate of drug-likeness (QED) is 0.181. The van der Waals surface area contributed by atoms with Crippen molar-refractivity contribution >= 4 is 108 Å². The lowest BCUT2D eigenvalue weighted by atomic mass is 10.0. The number of aromatic nitrogens is 4. The maximum absolute atomic E-state index is 5.50. The van der Waals surface area contributed by atoms with E-state index in [0.29, 0.717) is 5.95 Å². The SMILES string of the molecule is c1cc(-n2c3ccccc3c3c4ccccc4ccc32)c2cc3c(cc2c1)c1ccccc1n3-c1nc(-c2ccc3sc4ccccc4c3c2)c2ccccc2n1. The molecule has 4 heterocycles. The second-order valence-electron chi connectivity index (χ2n) is 15.0. The molecule has 0 aliphatic rings. The molecule has 5 heteroatoms. The Morgan fingerprint density at radius 2 is 1.07 bits per heavy atom. The average molecular weight is 743 g/mol. The number of para-hydroxylation sites is 3. The summed E-state index contributed by atoms with van der Waals surface area (Å²) < 4.78 is 7.30. The molecule has 264 valence electrons. The van der Waals surface area contributed by atoms with Gasteiger partial charge in [0.05, 0.1) is 39.0 Å². The molecule has 0 atom stereocenters. The molecule has 0 amide bonds. The maximum Gasteiger partial charge on any atom is 0.235 e. The molecule has 0 aliphatic heterocycles. The summed E-state index contributed by atoms with van der Waals surface area (Å²) in [5.74, 6) is 0.658. The minimum atomic E-state index is 0.658. The van der Waals surface area contributed by atoms with Gasteiger partial charge >= 0.3 is 0 Å². The minimum absolute atomic E-state index is 0.658. The summed E-state index contributed by atoms with van der Waals surface area (Å²) in [6.45, 7) is 0. The van der Waals surface area contributed by atoms with Gasteiger partial charge in [0.25, 0.3) is 0 Å². The molecule has 0 aliphatic carbocycles. The van der Waals surface area contributed by atoms with E-state index in [2.05, 4.69) is 191 Å². The molecule has 0 saturated carbocycles.